The van der Waals surface area contributed by atoms with Crippen LogP contribution in [0.15, 0.2) is 24.3 Å². The molecule has 0 aliphatic heterocycles. The van der Waals surface area contributed by atoms with Crippen LogP contribution in [0.2, 0.25) is 0 Å². The van der Waals surface area contributed by atoms with Crippen molar-refractivity contribution >= 4 is 11.9 Å². The van der Waals surface area contributed by atoms with Gasteiger partial charge in [0, 0.05) is 12.8 Å². The lowest BCUT2D eigenvalue weighted by Crippen LogP contribution is -2.45. The maximum atomic E-state index is 12.5. The van der Waals surface area contributed by atoms with Crippen LogP contribution in [0.5, 0.6) is 0 Å². The Hall–Kier alpha value is -1.66. The number of nitrogens with one attached hydrogen (secondary N) is 1. The Morgan fingerprint density at radius 3 is 0.887 bits per heavy atom. The third-order valence-corrected chi connectivity index (χ3v) is 17.2. The number of aliphatic hydroxyl groups is 2. The first-order valence-corrected chi connectivity index (χ1v) is 36.6. The number of esters is 1. The van der Waals surface area contributed by atoms with Gasteiger partial charge in [0.05, 0.1) is 25.4 Å². The normalized spacial score (nSPS) is 12.6. The van der Waals surface area contributed by atoms with Crippen LogP contribution in [0, 0.1) is 0 Å². The number of carbonyl (C=O) groups is 2. The van der Waals surface area contributed by atoms with E-state index in [9.17, 15) is 19.8 Å². The molecule has 0 saturated carbocycles. The van der Waals surface area contributed by atoms with Crippen LogP contribution < -0.4 is 5.32 Å². The molecule has 6 nitrogen and oxygen atoms in total. The summed E-state index contributed by atoms with van der Waals surface area (Å²) in [5, 5.41) is 23.3. The van der Waals surface area contributed by atoms with Gasteiger partial charge in [0.15, 0.2) is 0 Å². The van der Waals surface area contributed by atoms with E-state index >= 15 is 0 Å². The summed E-state index contributed by atoms with van der Waals surface area (Å²) in [5.74, 6) is -0.0515. The number of unbranched alkanes of at least 4 members (excludes halogenated alkanes) is 56. The molecule has 0 aromatic heterocycles. The molecule has 0 aliphatic rings. The lowest BCUT2D eigenvalue weighted by molar-refractivity contribution is -0.143. The zero-order valence-corrected chi connectivity index (χ0v) is 54.3. The van der Waals surface area contributed by atoms with Crippen LogP contribution in [-0.4, -0.2) is 47.4 Å². The van der Waals surface area contributed by atoms with Gasteiger partial charge in [-0.3, -0.25) is 9.59 Å². The summed E-state index contributed by atoms with van der Waals surface area (Å²) in [6.45, 7) is 4.94. The fourth-order valence-electron chi connectivity index (χ4n) is 11.6. The van der Waals surface area contributed by atoms with E-state index in [-0.39, 0.29) is 18.5 Å². The van der Waals surface area contributed by atoms with Gasteiger partial charge in [-0.1, -0.05) is 366 Å². The van der Waals surface area contributed by atoms with E-state index in [1.54, 1.807) is 6.08 Å². The van der Waals surface area contributed by atoms with Crippen LogP contribution in [0.1, 0.15) is 412 Å². The van der Waals surface area contributed by atoms with E-state index in [0.717, 1.165) is 44.9 Å². The Labute approximate surface area is 501 Å². The van der Waals surface area contributed by atoms with Crippen molar-refractivity contribution in [3.63, 3.8) is 0 Å². The third kappa shape index (κ3) is 65.5. The monoisotopic (exact) mass is 1130 g/mol. The lowest BCUT2D eigenvalue weighted by atomic mass is 10.0. The lowest BCUT2D eigenvalue weighted by Gasteiger charge is -2.20. The van der Waals surface area contributed by atoms with Crippen LogP contribution in [-0.2, 0) is 14.3 Å². The van der Waals surface area contributed by atoms with Crippen LogP contribution in [0.4, 0.5) is 0 Å². The molecule has 2 atom stereocenters. The van der Waals surface area contributed by atoms with Gasteiger partial charge in [-0.25, -0.2) is 0 Å². The van der Waals surface area contributed by atoms with E-state index in [4.69, 9.17) is 4.74 Å². The number of hydrogen-bond acceptors (Lipinski definition) is 5. The second kappa shape index (κ2) is 69.8. The minimum Gasteiger partial charge on any atom is -0.466 e. The number of ether oxygens (including phenoxy) is 1. The van der Waals surface area contributed by atoms with Gasteiger partial charge in [0.1, 0.15) is 0 Å². The highest BCUT2D eigenvalue weighted by Gasteiger charge is 2.18. The molecule has 0 saturated heterocycles. The SMILES string of the molecule is CCCCCCCC/C=C\CCCCCCCC(=O)OCCCCCCCCCCCCCCCCCCCCCCCCCCCCC(=O)NC(CO)C(O)/C=C/CCCCCCCCCCCCCCCCCCCCCC. The highest BCUT2D eigenvalue weighted by atomic mass is 16.5. The Bertz CT molecular complexity index is 1250. The number of aliphatic hydroxyl groups excluding tert-OH is 2. The Balaban J connectivity index is 3.38. The molecule has 0 radical (unpaired) electrons. The van der Waals surface area contributed by atoms with Gasteiger partial charge in [-0.2, -0.15) is 0 Å². The second-order valence-electron chi connectivity index (χ2n) is 25.3. The molecule has 80 heavy (non-hydrogen) atoms. The highest BCUT2D eigenvalue weighted by Crippen LogP contribution is 2.19. The molecule has 0 bridgehead atoms. The molecular weight excluding hydrogens is 983 g/mol. The molecule has 0 fully saturated rings. The summed E-state index contributed by atoms with van der Waals surface area (Å²) in [6, 6.07) is -0.627. The number of hydrogen-bond donors (Lipinski definition) is 3. The summed E-state index contributed by atoms with van der Waals surface area (Å²) in [7, 11) is 0. The summed E-state index contributed by atoms with van der Waals surface area (Å²) in [6.07, 6.45) is 88.4. The molecule has 1 amide bonds. The van der Waals surface area contributed by atoms with Gasteiger partial charge < -0.3 is 20.3 Å². The smallest absolute Gasteiger partial charge is 0.305 e. The molecule has 0 heterocycles. The first kappa shape index (κ1) is 78.3. The standard InChI is InChI=1S/C74H143NO5/c1-3-5-7-9-11-13-15-17-19-20-21-22-29-32-35-39-42-46-50-54-58-62-66-72(77)71(70-76)75-73(78)67-63-59-55-51-47-43-40-36-33-30-27-25-23-24-26-28-31-34-37-41-45-49-53-57-61-65-69-80-74(79)68-64-60-56-52-48-44-38-18-16-14-12-10-8-6-4-2/h18,38,62,66,71-72,76-77H,3-17,19-37,39-61,63-65,67-70H2,1-2H3,(H,75,78)/b38-18-,66-62+. The molecular formula is C74H143NO5. The second-order valence-corrected chi connectivity index (χ2v) is 25.3. The first-order chi connectivity index (χ1) is 39.5. The molecule has 6 heteroatoms. The van der Waals surface area contributed by atoms with Crippen molar-refractivity contribution in [1.29, 1.82) is 0 Å². The predicted molar refractivity (Wildman–Crippen MR) is 352 cm³/mol. The first-order valence-electron chi connectivity index (χ1n) is 36.6. The minimum atomic E-state index is -0.844. The third-order valence-electron chi connectivity index (χ3n) is 17.2. The number of amides is 1. The minimum absolute atomic E-state index is 0.00981. The van der Waals surface area contributed by atoms with E-state index < -0.39 is 12.1 Å². The van der Waals surface area contributed by atoms with Crippen LogP contribution in [0.25, 0.3) is 0 Å². The fourth-order valence-corrected chi connectivity index (χ4v) is 11.6. The van der Waals surface area contributed by atoms with Crippen molar-refractivity contribution < 1.29 is 24.5 Å². The maximum Gasteiger partial charge on any atom is 0.305 e. The van der Waals surface area contributed by atoms with Gasteiger partial charge in [0.2, 0.25) is 5.91 Å². The maximum absolute atomic E-state index is 12.5. The summed E-state index contributed by atoms with van der Waals surface area (Å²) >= 11 is 0. The van der Waals surface area contributed by atoms with E-state index in [1.807, 2.05) is 6.08 Å². The predicted octanol–water partition coefficient (Wildman–Crippen LogP) is 23.7. The summed E-state index contributed by atoms with van der Waals surface area (Å²) in [4.78, 5) is 24.6. The van der Waals surface area contributed by atoms with E-state index in [1.165, 1.54) is 340 Å². The molecule has 2 unspecified atom stereocenters. The average molecular weight is 1130 g/mol. The Morgan fingerprint density at radius 1 is 0.338 bits per heavy atom. The number of carbonyl (C=O) groups excluding carboxylic acids is 2. The molecule has 0 aliphatic carbocycles. The van der Waals surface area contributed by atoms with Crippen molar-refractivity contribution in [1.82, 2.24) is 5.32 Å². The van der Waals surface area contributed by atoms with Gasteiger partial charge in [-0.05, 0) is 57.8 Å². The highest BCUT2D eigenvalue weighted by molar-refractivity contribution is 5.76. The van der Waals surface area contributed by atoms with Crippen molar-refractivity contribution in [3.8, 4) is 0 Å². The molecule has 3 N–H and O–H groups in total. The molecule has 0 spiro atoms. The number of rotatable bonds is 69. The molecule has 0 aromatic rings. The van der Waals surface area contributed by atoms with E-state index in [0.29, 0.717) is 19.4 Å². The van der Waals surface area contributed by atoms with Crippen molar-refractivity contribution in [2.75, 3.05) is 13.2 Å². The van der Waals surface area contributed by atoms with Crippen LogP contribution in [0.3, 0.4) is 0 Å². The molecule has 474 valence electrons. The van der Waals surface area contributed by atoms with E-state index in [2.05, 4.69) is 31.3 Å². The van der Waals surface area contributed by atoms with Gasteiger partial charge in [0.25, 0.3) is 0 Å². The van der Waals surface area contributed by atoms with Crippen molar-refractivity contribution in [2.45, 2.75) is 424 Å². The topological polar surface area (TPSA) is 95.9 Å². The molecule has 0 aromatic carbocycles. The zero-order chi connectivity index (χ0) is 57.8. The summed E-state index contributed by atoms with van der Waals surface area (Å²) in [5.41, 5.74) is 0. The number of allylic oxidation sites excluding steroid dienone is 3. The van der Waals surface area contributed by atoms with Crippen molar-refractivity contribution in [2.24, 2.45) is 0 Å². The Kier molecular flexibility index (Phi) is 68.4. The molecule has 0 rings (SSSR count). The van der Waals surface area contributed by atoms with Gasteiger partial charge >= 0.3 is 5.97 Å². The van der Waals surface area contributed by atoms with Crippen molar-refractivity contribution in [3.05, 3.63) is 24.3 Å². The quantitative estimate of drug-likeness (QED) is 0.0320. The summed E-state index contributed by atoms with van der Waals surface area (Å²) < 4.78 is 5.49. The zero-order valence-electron chi connectivity index (χ0n) is 54.3. The van der Waals surface area contributed by atoms with Gasteiger partial charge in [-0.15, -0.1) is 0 Å². The largest absolute Gasteiger partial charge is 0.466 e. The fraction of sp³-hybridized carbons (Fsp3) is 0.919. The average Bonchev–Trinajstić information content (AvgIpc) is 3.46. The Morgan fingerprint density at radius 2 is 0.588 bits per heavy atom. The van der Waals surface area contributed by atoms with Crippen LogP contribution >= 0.6 is 0 Å².